The third-order valence-corrected chi connectivity index (χ3v) is 6.69. The first-order chi connectivity index (χ1) is 19.4. The summed E-state index contributed by atoms with van der Waals surface area (Å²) in [4.78, 5) is 58.2. The summed E-state index contributed by atoms with van der Waals surface area (Å²) in [6, 6.07) is 5.60. The predicted molar refractivity (Wildman–Crippen MR) is 148 cm³/mol. The zero-order valence-corrected chi connectivity index (χ0v) is 23.9. The van der Waals surface area contributed by atoms with Crippen molar-refractivity contribution < 1.29 is 28.3 Å². The average molecular weight is 568 g/mol. The third-order valence-electron chi connectivity index (χ3n) is 6.69. The molecule has 3 aromatic rings. The number of carbonyl (C=O) groups is 4. The van der Waals surface area contributed by atoms with Crippen LogP contribution in [-0.2, 0) is 16.1 Å². The Morgan fingerprint density at radius 2 is 1.88 bits per heavy atom. The first-order valence-electron chi connectivity index (χ1n) is 13.4. The molecule has 12 nitrogen and oxygen atoms in total. The van der Waals surface area contributed by atoms with Crippen LogP contribution in [0.25, 0.3) is 5.65 Å². The maximum Gasteiger partial charge on any atom is 0.330 e. The molecule has 2 aromatic heterocycles. The molecule has 2 N–H and O–H groups in total. The number of halogens is 1. The zero-order chi connectivity index (χ0) is 30.1. The maximum atomic E-state index is 14.4. The molecule has 2 aliphatic heterocycles. The van der Waals surface area contributed by atoms with Crippen LogP contribution in [-0.4, -0.2) is 74.9 Å². The van der Waals surface area contributed by atoms with Crippen LogP contribution < -0.4 is 20.3 Å². The van der Waals surface area contributed by atoms with Gasteiger partial charge in [0.1, 0.15) is 24.0 Å². The first kappa shape index (κ1) is 29.4. The van der Waals surface area contributed by atoms with E-state index in [1.807, 2.05) is 34.6 Å². The van der Waals surface area contributed by atoms with Crippen LogP contribution in [0.15, 0.2) is 30.5 Å². The minimum absolute atomic E-state index is 0.100. The van der Waals surface area contributed by atoms with Crippen LogP contribution in [0.2, 0.25) is 0 Å². The molecule has 3 amide bonds. The van der Waals surface area contributed by atoms with E-state index in [0.717, 1.165) is 16.3 Å². The van der Waals surface area contributed by atoms with Crippen molar-refractivity contribution in [1.82, 2.24) is 30.1 Å². The van der Waals surface area contributed by atoms with Crippen LogP contribution in [0.3, 0.4) is 0 Å². The molecule has 1 atom stereocenters. The number of esters is 1. The molecule has 41 heavy (non-hydrogen) atoms. The summed E-state index contributed by atoms with van der Waals surface area (Å²) in [6.07, 6.45) is 1.32. The third kappa shape index (κ3) is 5.98. The number of benzene rings is 1. The molecular weight excluding hydrogens is 533 g/mol. The number of hydrogen-bond acceptors (Lipinski definition) is 8. The molecule has 0 spiro atoms. The van der Waals surface area contributed by atoms with Crippen molar-refractivity contribution in [3.63, 3.8) is 0 Å². The lowest BCUT2D eigenvalue weighted by atomic mass is 10.1. The average Bonchev–Trinajstić information content (AvgIpc) is 3.50. The number of hydrogen-bond donors (Lipinski definition) is 2. The number of carbonyl (C=O) groups excluding carboxylic acids is 4. The summed E-state index contributed by atoms with van der Waals surface area (Å²) < 4.78 is 20.7. The van der Waals surface area contributed by atoms with Crippen molar-refractivity contribution in [1.29, 1.82) is 0 Å². The summed E-state index contributed by atoms with van der Waals surface area (Å²) >= 11 is 0. The molecule has 218 valence electrons. The normalized spacial score (nSPS) is 16.6. The maximum absolute atomic E-state index is 14.4. The quantitative estimate of drug-likeness (QED) is 0.354. The van der Waals surface area contributed by atoms with Crippen LogP contribution in [0, 0.1) is 5.82 Å². The Balaban J connectivity index is 0.00000189. The van der Waals surface area contributed by atoms with E-state index in [1.54, 1.807) is 35.0 Å². The van der Waals surface area contributed by atoms with Gasteiger partial charge in [0.25, 0.3) is 11.8 Å². The number of likely N-dealkylation sites (tertiary alicyclic amines) is 1. The topological polar surface area (TPSA) is 138 Å². The van der Waals surface area contributed by atoms with Gasteiger partial charge in [-0.2, -0.15) is 5.10 Å². The SMILES string of the molecule is CC.CN1CC(=O)Oc2ccc(CNC(=O)c3cc(C(=O)NC4CCN(C(C)(C)C)C4=O)n4ncc(F)c4n3)cc21. The van der Waals surface area contributed by atoms with Crippen molar-refractivity contribution >= 4 is 35.0 Å². The van der Waals surface area contributed by atoms with E-state index in [0.29, 0.717) is 24.4 Å². The molecule has 13 heteroatoms. The predicted octanol–water partition coefficient (Wildman–Crippen LogP) is 2.31. The van der Waals surface area contributed by atoms with E-state index >= 15 is 0 Å². The van der Waals surface area contributed by atoms with E-state index < -0.39 is 29.2 Å². The fourth-order valence-corrected chi connectivity index (χ4v) is 4.69. The highest BCUT2D eigenvalue weighted by Gasteiger charge is 2.38. The van der Waals surface area contributed by atoms with Crippen LogP contribution >= 0.6 is 0 Å². The molecule has 2 aliphatic rings. The number of aromatic nitrogens is 3. The van der Waals surface area contributed by atoms with Gasteiger partial charge in [-0.25, -0.2) is 18.7 Å². The summed E-state index contributed by atoms with van der Waals surface area (Å²) in [5.74, 6) is -2.27. The largest absolute Gasteiger partial charge is 0.423 e. The highest BCUT2D eigenvalue weighted by atomic mass is 19.1. The molecule has 0 saturated carbocycles. The molecule has 0 radical (unpaired) electrons. The van der Waals surface area contributed by atoms with Gasteiger partial charge in [-0.05, 0) is 44.9 Å². The van der Waals surface area contributed by atoms with Gasteiger partial charge in [0.2, 0.25) is 5.91 Å². The Kier molecular flexibility index (Phi) is 8.27. The van der Waals surface area contributed by atoms with Gasteiger partial charge >= 0.3 is 5.97 Å². The van der Waals surface area contributed by atoms with Gasteiger partial charge in [-0.3, -0.25) is 14.4 Å². The number of rotatable bonds is 5. The number of fused-ring (bicyclic) bond motifs is 2. The second-order valence-corrected chi connectivity index (χ2v) is 10.5. The summed E-state index contributed by atoms with van der Waals surface area (Å²) in [5.41, 5.74) is 0.421. The molecule has 1 fully saturated rings. The van der Waals surface area contributed by atoms with Crippen LogP contribution in [0.1, 0.15) is 67.6 Å². The second kappa shape index (κ2) is 11.5. The summed E-state index contributed by atoms with van der Waals surface area (Å²) in [7, 11) is 1.76. The fraction of sp³-hybridized carbons (Fsp3) is 0.429. The monoisotopic (exact) mass is 567 g/mol. The molecule has 1 saturated heterocycles. The molecule has 4 heterocycles. The van der Waals surface area contributed by atoms with Crippen LogP contribution in [0.5, 0.6) is 5.75 Å². The number of amides is 3. The fourth-order valence-electron chi connectivity index (χ4n) is 4.69. The Morgan fingerprint density at radius 1 is 1.15 bits per heavy atom. The molecular formula is C28H34FN7O5. The van der Waals surface area contributed by atoms with E-state index in [9.17, 15) is 23.6 Å². The van der Waals surface area contributed by atoms with Gasteiger partial charge < -0.3 is 25.2 Å². The summed E-state index contributed by atoms with van der Waals surface area (Å²) in [5, 5.41) is 9.30. The zero-order valence-electron chi connectivity index (χ0n) is 23.9. The minimum atomic E-state index is -0.804. The number of anilines is 1. The van der Waals surface area contributed by atoms with Crippen LogP contribution in [0.4, 0.5) is 10.1 Å². The Bertz CT molecular complexity index is 1510. The van der Waals surface area contributed by atoms with Gasteiger partial charge in [-0.1, -0.05) is 19.9 Å². The standard InChI is InChI=1S/C26H28FN7O5.C2H6/c1-26(2,3)33-8-7-16(25(33)38)31-24(37)19-10-17(30-22-15(27)12-29-34(19)22)23(36)28-11-14-5-6-20-18(9-14)32(4)13-21(35)39-20;1-2/h5-6,9-10,12,16H,7-8,11,13H2,1-4H3,(H,28,36)(H,31,37);1-2H3. The lowest BCUT2D eigenvalue weighted by molar-refractivity contribution is -0.134. The van der Waals surface area contributed by atoms with Crippen molar-refractivity contribution in [2.75, 3.05) is 25.0 Å². The Hall–Kier alpha value is -4.55. The minimum Gasteiger partial charge on any atom is -0.423 e. The van der Waals surface area contributed by atoms with Gasteiger partial charge in [-0.15, -0.1) is 0 Å². The first-order valence-corrected chi connectivity index (χ1v) is 13.4. The number of nitrogens with one attached hydrogen (secondary N) is 2. The van der Waals surface area contributed by atoms with Gasteiger partial charge in [0, 0.05) is 31.7 Å². The van der Waals surface area contributed by atoms with E-state index in [1.165, 1.54) is 6.07 Å². The van der Waals surface area contributed by atoms with Gasteiger partial charge in [0.05, 0.1) is 11.9 Å². The number of likely N-dealkylation sites (N-methyl/N-ethyl adjacent to an activating group) is 1. The van der Waals surface area contributed by atoms with Gasteiger partial charge in [0.15, 0.2) is 17.2 Å². The number of ether oxygens (including phenoxy) is 1. The molecule has 0 bridgehead atoms. The Morgan fingerprint density at radius 3 is 2.56 bits per heavy atom. The lowest BCUT2D eigenvalue weighted by Crippen LogP contribution is -2.48. The van der Waals surface area contributed by atoms with E-state index in [-0.39, 0.29) is 42.0 Å². The van der Waals surface area contributed by atoms with Crippen molar-refractivity contribution in [2.45, 2.75) is 59.2 Å². The highest BCUT2D eigenvalue weighted by Crippen LogP contribution is 2.32. The molecule has 0 aliphatic carbocycles. The van der Waals surface area contributed by atoms with E-state index in [4.69, 9.17) is 4.74 Å². The number of nitrogens with zero attached hydrogens (tertiary/aromatic N) is 5. The van der Waals surface area contributed by atoms with E-state index in [2.05, 4.69) is 20.7 Å². The molecule has 1 aromatic carbocycles. The van der Waals surface area contributed by atoms with Crippen molar-refractivity contribution in [3.05, 3.63) is 53.2 Å². The summed E-state index contributed by atoms with van der Waals surface area (Å²) in [6.45, 7) is 10.4. The van der Waals surface area contributed by atoms with Crippen molar-refractivity contribution in [3.8, 4) is 5.75 Å². The molecule has 5 rings (SSSR count). The smallest absolute Gasteiger partial charge is 0.330 e. The van der Waals surface area contributed by atoms with Crippen molar-refractivity contribution in [2.24, 2.45) is 0 Å². The Labute approximate surface area is 236 Å². The lowest BCUT2D eigenvalue weighted by Gasteiger charge is -2.32. The molecule has 1 unspecified atom stereocenters. The highest BCUT2D eigenvalue weighted by molar-refractivity contribution is 6.00. The second-order valence-electron chi connectivity index (χ2n) is 10.5.